The van der Waals surface area contributed by atoms with Gasteiger partial charge in [0.2, 0.25) is 5.60 Å². The van der Waals surface area contributed by atoms with E-state index in [4.69, 9.17) is 18.7 Å². The van der Waals surface area contributed by atoms with Crippen molar-refractivity contribution in [3.63, 3.8) is 0 Å². The van der Waals surface area contributed by atoms with Crippen LogP contribution in [0.25, 0.3) is 5.57 Å². The van der Waals surface area contributed by atoms with Gasteiger partial charge in [0.25, 0.3) is 0 Å². The molecule has 0 N–H and O–H groups in total. The molecule has 0 saturated heterocycles. The van der Waals surface area contributed by atoms with E-state index in [-0.39, 0.29) is 12.6 Å². The molecule has 0 bridgehead atoms. The molecule has 6 nitrogen and oxygen atoms in total. The first-order valence-corrected chi connectivity index (χ1v) is 9.57. The molecule has 1 unspecified atom stereocenters. The van der Waals surface area contributed by atoms with Gasteiger partial charge in [0.05, 0.1) is 6.61 Å². The van der Waals surface area contributed by atoms with Crippen molar-refractivity contribution in [2.45, 2.75) is 53.2 Å². The average molecular weight is 402 g/mol. The van der Waals surface area contributed by atoms with E-state index >= 15 is 0 Å². The number of hydrogen-bond donors (Lipinski definition) is 0. The number of allylic oxidation sites excluding steroid dienone is 2. The predicted molar refractivity (Wildman–Crippen MR) is 114 cm³/mol. The van der Waals surface area contributed by atoms with Crippen molar-refractivity contribution in [2.24, 2.45) is 0 Å². The Morgan fingerprint density at radius 3 is 2.31 bits per heavy atom. The number of nitrogens with zero attached hydrogens (tertiary/aromatic N) is 1. The van der Waals surface area contributed by atoms with Crippen molar-refractivity contribution in [1.29, 1.82) is 0 Å². The number of carbonyl (C=O) groups excluding carboxylic acids is 1. The van der Waals surface area contributed by atoms with Crippen molar-refractivity contribution < 1.29 is 23.5 Å². The van der Waals surface area contributed by atoms with Gasteiger partial charge in [0.15, 0.2) is 5.76 Å². The summed E-state index contributed by atoms with van der Waals surface area (Å²) >= 11 is 0. The van der Waals surface area contributed by atoms with Gasteiger partial charge < -0.3 is 18.7 Å². The number of carbonyl (C=O) groups is 1. The number of rotatable bonds is 9. The molecule has 1 heterocycles. The maximum absolute atomic E-state index is 12.1. The second-order valence-electron chi connectivity index (χ2n) is 6.53. The van der Waals surface area contributed by atoms with Crippen LogP contribution in [0.3, 0.4) is 0 Å². The van der Waals surface area contributed by atoms with Crippen LogP contribution in [0.15, 0.2) is 54.1 Å². The molecule has 2 aromatic rings. The lowest BCUT2D eigenvalue weighted by Gasteiger charge is -2.27. The first-order chi connectivity index (χ1) is 13.8. The van der Waals surface area contributed by atoms with Crippen LogP contribution in [0.5, 0.6) is 11.5 Å². The van der Waals surface area contributed by atoms with Crippen molar-refractivity contribution in [1.82, 2.24) is 5.16 Å². The maximum Gasteiger partial charge on any atom is 0.350 e. The maximum atomic E-state index is 12.1. The second-order valence-corrected chi connectivity index (χ2v) is 6.53. The van der Waals surface area contributed by atoms with Gasteiger partial charge >= 0.3 is 5.97 Å². The fourth-order valence-corrected chi connectivity index (χ4v) is 2.14. The van der Waals surface area contributed by atoms with Crippen LogP contribution in [0.2, 0.25) is 0 Å². The number of benzene rings is 1. The average Bonchev–Trinajstić information content (AvgIpc) is 3.17. The highest BCUT2D eigenvalue weighted by atomic mass is 16.6. The highest BCUT2D eigenvalue weighted by Crippen LogP contribution is 2.25. The Hall–Kier alpha value is -3.02. The van der Waals surface area contributed by atoms with E-state index in [1.807, 2.05) is 20.8 Å². The van der Waals surface area contributed by atoms with Gasteiger partial charge in [-0.05, 0) is 64.0 Å². The third-order valence-electron chi connectivity index (χ3n) is 3.93. The zero-order valence-corrected chi connectivity index (χ0v) is 18.0. The predicted octanol–water partition coefficient (Wildman–Crippen LogP) is 5.59. The lowest BCUT2D eigenvalue weighted by Crippen LogP contribution is -2.42. The molecular formula is C23H31NO5. The van der Waals surface area contributed by atoms with Crippen LogP contribution in [0.1, 0.15) is 52.5 Å². The Balaban J connectivity index is 0.00000132. The molecule has 1 aromatic carbocycles. The molecular weight excluding hydrogens is 370 g/mol. The highest BCUT2D eigenvalue weighted by molar-refractivity contribution is 5.79. The largest absolute Gasteiger partial charge is 0.486 e. The third kappa shape index (κ3) is 7.49. The van der Waals surface area contributed by atoms with Crippen LogP contribution in [-0.4, -0.2) is 23.3 Å². The molecule has 0 radical (unpaired) electrons. The summed E-state index contributed by atoms with van der Waals surface area (Å²) in [5.41, 5.74) is 0.532. The molecule has 29 heavy (non-hydrogen) atoms. The van der Waals surface area contributed by atoms with Crippen LogP contribution in [0, 0.1) is 0 Å². The van der Waals surface area contributed by atoms with E-state index in [0.717, 1.165) is 5.57 Å². The minimum Gasteiger partial charge on any atom is -0.486 e. The molecule has 0 saturated carbocycles. The molecule has 158 valence electrons. The summed E-state index contributed by atoms with van der Waals surface area (Å²) in [7, 11) is 0. The van der Waals surface area contributed by atoms with Crippen LogP contribution in [0.4, 0.5) is 0 Å². The van der Waals surface area contributed by atoms with Gasteiger partial charge in [-0.1, -0.05) is 24.7 Å². The number of aromatic nitrogens is 1. The number of esters is 1. The van der Waals surface area contributed by atoms with Crippen LogP contribution < -0.4 is 9.47 Å². The third-order valence-corrected chi connectivity index (χ3v) is 3.93. The van der Waals surface area contributed by atoms with Gasteiger partial charge in [0.1, 0.15) is 23.8 Å². The molecule has 0 fully saturated rings. The fourth-order valence-electron chi connectivity index (χ4n) is 2.14. The molecule has 6 heteroatoms. The number of hydrogen-bond acceptors (Lipinski definition) is 6. The Labute approximate surface area is 173 Å². The summed E-state index contributed by atoms with van der Waals surface area (Å²) in [5, 5.41) is 3.91. The summed E-state index contributed by atoms with van der Waals surface area (Å²) in [6, 6.07) is 8.84. The Bertz CT molecular complexity index is 794. The van der Waals surface area contributed by atoms with Crippen molar-refractivity contribution in [3.8, 4) is 11.5 Å². The van der Waals surface area contributed by atoms with Gasteiger partial charge in [0, 0.05) is 6.07 Å². The normalized spacial score (nSPS) is 12.0. The molecule has 1 aromatic heterocycles. The summed E-state index contributed by atoms with van der Waals surface area (Å²) in [6.45, 7) is 16.9. The van der Waals surface area contributed by atoms with E-state index < -0.39 is 5.60 Å². The van der Waals surface area contributed by atoms with E-state index in [1.54, 1.807) is 50.3 Å². The first kappa shape index (κ1) is 24.0. The van der Waals surface area contributed by atoms with Crippen molar-refractivity contribution in [3.05, 3.63) is 61.0 Å². The first-order valence-electron chi connectivity index (χ1n) is 9.57. The molecule has 2 rings (SSSR count). The van der Waals surface area contributed by atoms with Gasteiger partial charge in [-0.25, -0.2) is 4.79 Å². The summed E-state index contributed by atoms with van der Waals surface area (Å²) in [4.78, 5) is 12.1. The second kappa shape index (κ2) is 11.7. The van der Waals surface area contributed by atoms with E-state index in [9.17, 15) is 4.79 Å². The summed E-state index contributed by atoms with van der Waals surface area (Å²) < 4.78 is 21.8. The Kier molecular flexibility index (Phi) is 9.72. The Morgan fingerprint density at radius 1 is 1.24 bits per heavy atom. The zero-order valence-electron chi connectivity index (χ0n) is 18.0. The lowest BCUT2D eigenvalue weighted by atomic mass is 10.0. The van der Waals surface area contributed by atoms with E-state index in [2.05, 4.69) is 18.3 Å². The summed E-state index contributed by atoms with van der Waals surface area (Å²) in [5.74, 6) is 1.46. The molecule has 0 amide bonds. The standard InChI is InChI=1S/C20H25NO5.C3H6/c1-6-20(5,19(22)23-7-2)25-16-10-8-15(9-11-16)24-13-17-12-18(14(3)4)21-26-17;1-3-2/h8-12H,3,6-7,13H2,1-2,4-5H3;3H,1H2,2H3. The van der Waals surface area contributed by atoms with Gasteiger partial charge in [-0.3, -0.25) is 0 Å². The van der Waals surface area contributed by atoms with Crippen LogP contribution in [-0.2, 0) is 16.1 Å². The molecule has 0 aliphatic heterocycles. The van der Waals surface area contributed by atoms with Crippen molar-refractivity contribution in [2.75, 3.05) is 6.61 Å². The number of ether oxygens (including phenoxy) is 3. The topological polar surface area (TPSA) is 70.8 Å². The highest BCUT2D eigenvalue weighted by Gasteiger charge is 2.35. The van der Waals surface area contributed by atoms with E-state index in [1.165, 1.54) is 0 Å². The molecule has 0 aliphatic carbocycles. The summed E-state index contributed by atoms with van der Waals surface area (Å²) in [6.07, 6.45) is 2.25. The smallest absolute Gasteiger partial charge is 0.350 e. The van der Waals surface area contributed by atoms with Crippen molar-refractivity contribution >= 4 is 11.5 Å². The lowest BCUT2D eigenvalue weighted by molar-refractivity contribution is -0.160. The SMILES string of the molecule is C=C(C)c1cc(COc2ccc(OC(C)(CC)C(=O)OCC)cc2)on1.C=CC. The van der Waals surface area contributed by atoms with Gasteiger partial charge in [-0.2, -0.15) is 0 Å². The minimum absolute atomic E-state index is 0.260. The molecule has 0 spiro atoms. The quantitative estimate of drug-likeness (QED) is 0.403. The minimum atomic E-state index is -1.02. The Morgan fingerprint density at radius 2 is 1.83 bits per heavy atom. The van der Waals surface area contributed by atoms with Gasteiger partial charge in [-0.15, -0.1) is 6.58 Å². The fraction of sp³-hybridized carbons (Fsp3) is 0.391. The molecule has 0 aliphatic rings. The molecule has 1 atom stereocenters. The monoisotopic (exact) mass is 401 g/mol. The zero-order chi connectivity index (χ0) is 21.9. The van der Waals surface area contributed by atoms with E-state index in [0.29, 0.717) is 36.0 Å². The van der Waals surface area contributed by atoms with Crippen LogP contribution >= 0.6 is 0 Å².